The van der Waals surface area contributed by atoms with Crippen LogP contribution >= 0.6 is 24.2 Å². The van der Waals surface area contributed by atoms with Gasteiger partial charge in [-0.05, 0) is 42.7 Å². The monoisotopic (exact) mass is 314 g/mol. The maximum atomic E-state index is 12.0. The van der Waals surface area contributed by atoms with Gasteiger partial charge in [-0.15, -0.1) is 24.2 Å². The van der Waals surface area contributed by atoms with E-state index in [-0.39, 0.29) is 24.4 Å². The Labute approximate surface area is 131 Å². The van der Waals surface area contributed by atoms with E-state index in [1.54, 1.807) is 11.8 Å². The molecule has 3 nitrogen and oxygen atoms in total. The number of carbonyl (C=O) groups excluding carboxylic acids is 1. The minimum Gasteiger partial charge on any atom is -0.327 e. The Bertz CT molecular complexity index is 442. The lowest BCUT2D eigenvalue weighted by atomic mass is 10.00. The zero-order chi connectivity index (χ0) is 13.7. The van der Waals surface area contributed by atoms with Gasteiger partial charge < -0.3 is 11.1 Å². The van der Waals surface area contributed by atoms with Crippen molar-refractivity contribution in [2.45, 2.75) is 43.5 Å². The van der Waals surface area contributed by atoms with Crippen LogP contribution in [-0.4, -0.2) is 17.7 Å². The third kappa shape index (κ3) is 5.00. The van der Waals surface area contributed by atoms with Crippen LogP contribution in [0.3, 0.4) is 0 Å². The topological polar surface area (TPSA) is 55.1 Å². The number of carbonyl (C=O) groups is 1. The Morgan fingerprint density at radius 2 is 2.25 bits per heavy atom. The second-order valence-corrected chi connectivity index (χ2v) is 6.41. The van der Waals surface area contributed by atoms with Crippen LogP contribution in [0.25, 0.3) is 0 Å². The summed E-state index contributed by atoms with van der Waals surface area (Å²) in [5, 5.41) is 2.98. The van der Waals surface area contributed by atoms with Crippen LogP contribution in [0.4, 0.5) is 5.69 Å². The summed E-state index contributed by atoms with van der Waals surface area (Å²) in [6.45, 7) is 2.12. The van der Waals surface area contributed by atoms with Crippen molar-refractivity contribution in [3.05, 3.63) is 24.3 Å². The van der Waals surface area contributed by atoms with Crippen molar-refractivity contribution in [1.82, 2.24) is 0 Å². The summed E-state index contributed by atoms with van der Waals surface area (Å²) < 4.78 is 0. The van der Waals surface area contributed by atoms with E-state index in [1.807, 2.05) is 18.2 Å². The summed E-state index contributed by atoms with van der Waals surface area (Å²) in [5.74, 6) is 1.48. The van der Waals surface area contributed by atoms with Gasteiger partial charge >= 0.3 is 0 Å². The first kappa shape index (κ1) is 17.3. The second kappa shape index (κ2) is 8.55. The normalized spacial score (nSPS) is 21.3. The van der Waals surface area contributed by atoms with Gasteiger partial charge in [-0.2, -0.15) is 0 Å². The molecule has 1 aliphatic rings. The van der Waals surface area contributed by atoms with Crippen molar-refractivity contribution in [1.29, 1.82) is 0 Å². The number of amides is 1. The summed E-state index contributed by atoms with van der Waals surface area (Å²) in [6, 6.07) is 8.21. The number of nitrogens with one attached hydrogen (secondary N) is 1. The number of anilines is 1. The molecule has 1 amide bonds. The molecule has 0 radical (unpaired) electrons. The SMILES string of the molecule is CCSc1cccc(NC(=O)C[C@@H]2CCC[C@H]2N)c1.Cl. The van der Waals surface area contributed by atoms with E-state index in [2.05, 4.69) is 18.3 Å². The maximum Gasteiger partial charge on any atom is 0.224 e. The Kier molecular flexibility index (Phi) is 7.41. The molecular formula is C15H23ClN2OS. The largest absolute Gasteiger partial charge is 0.327 e. The molecule has 1 aromatic carbocycles. The molecule has 5 heteroatoms. The van der Waals surface area contributed by atoms with Crippen LogP contribution in [-0.2, 0) is 4.79 Å². The smallest absolute Gasteiger partial charge is 0.224 e. The molecule has 1 saturated carbocycles. The number of rotatable bonds is 5. The molecule has 0 saturated heterocycles. The van der Waals surface area contributed by atoms with Gasteiger partial charge in [0.25, 0.3) is 0 Å². The fourth-order valence-corrected chi connectivity index (χ4v) is 3.32. The Morgan fingerprint density at radius 3 is 2.90 bits per heavy atom. The zero-order valence-corrected chi connectivity index (χ0v) is 13.4. The number of hydrogen-bond donors (Lipinski definition) is 2. The van der Waals surface area contributed by atoms with Gasteiger partial charge in [0.2, 0.25) is 5.91 Å². The van der Waals surface area contributed by atoms with E-state index >= 15 is 0 Å². The van der Waals surface area contributed by atoms with Gasteiger partial charge in [0.05, 0.1) is 0 Å². The fraction of sp³-hybridized carbons (Fsp3) is 0.533. The van der Waals surface area contributed by atoms with E-state index in [9.17, 15) is 4.79 Å². The Balaban J connectivity index is 0.00000200. The highest BCUT2D eigenvalue weighted by molar-refractivity contribution is 7.99. The predicted molar refractivity (Wildman–Crippen MR) is 88.7 cm³/mol. The molecule has 0 bridgehead atoms. The third-order valence-electron chi connectivity index (χ3n) is 3.59. The molecular weight excluding hydrogens is 292 g/mol. The summed E-state index contributed by atoms with van der Waals surface area (Å²) in [6.07, 6.45) is 3.84. The summed E-state index contributed by atoms with van der Waals surface area (Å²) in [4.78, 5) is 13.2. The van der Waals surface area contributed by atoms with E-state index in [0.717, 1.165) is 30.7 Å². The van der Waals surface area contributed by atoms with Gasteiger partial charge in [-0.25, -0.2) is 0 Å². The van der Waals surface area contributed by atoms with Crippen LogP contribution < -0.4 is 11.1 Å². The standard InChI is InChI=1S/C15H22N2OS.ClH/c1-2-19-13-7-4-6-12(10-13)17-15(18)9-11-5-3-8-14(11)16;/h4,6-7,10-11,14H,2-3,5,8-9,16H2,1H3,(H,17,18);1H/t11-,14+;/m0./s1. The molecule has 0 unspecified atom stereocenters. The average molecular weight is 315 g/mol. The average Bonchev–Trinajstić information content (AvgIpc) is 2.76. The van der Waals surface area contributed by atoms with Crippen molar-refractivity contribution >= 4 is 35.8 Å². The van der Waals surface area contributed by atoms with Crippen molar-refractivity contribution < 1.29 is 4.79 Å². The molecule has 20 heavy (non-hydrogen) atoms. The Morgan fingerprint density at radius 1 is 1.45 bits per heavy atom. The highest BCUT2D eigenvalue weighted by Crippen LogP contribution is 2.27. The minimum atomic E-state index is 0. The predicted octanol–water partition coefficient (Wildman–Crippen LogP) is 3.68. The van der Waals surface area contributed by atoms with Gasteiger partial charge in [-0.1, -0.05) is 19.4 Å². The van der Waals surface area contributed by atoms with E-state index < -0.39 is 0 Å². The first-order valence-corrected chi connectivity index (χ1v) is 7.96. The molecule has 0 aromatic heterocycles. The highest BCUT2D eigenvalue weighted by Gasteiger charge is 2.25. The van der Waals surface area contributed by atoms with Crippen LogP contribution in [0.5, 0.6) is 0 Å². The molecule has 0 aliphatic heterocycles. The molecule has 0 heterocycles. The molecule has 1 aromatic rings. The quantitative estimate of drug-likeness (QED) is 0.815. The van der Waals surface area contributed by atoms with Crippen molar-refractivity contribution in [3.63, 3.8) is 0 Å². The number of hydrogen-bond acceptors (Lipinski definition) is 3. The van der Waals surface area contributed by atoms with E-state index in [1.165, 1.54) is 4.90 Å². The molecule has 1 fully saturated rings. The van der Waals surface area contributed by atoms with Gasteiger partial charge in [0.1, 0.15) is 0 Å². The summed E-state index contributed by atoms with van der Waals surface area (Å²) in [5.41, 5.74) is 6.89. The van der Waals surface area contributed by atoms with Crippen molar-refractivity contribution in [3.8, 4) is 0 Å². The fourth-order valence-electron chi connectivity index (χ4n) is 2.60. The van der Waals surface area contributed by atoms with Crippen LogP contribution in [0.15, 0.2) is 29.2 Å². The molecule has 2 rings (SSSR count). The van der Waals surface area contributed by atoms with Crippen molar-refractivity contribution in [2.24, 2.45) is 11.7 Å². The molecule has 3 N–H and O–H groups in total. The number of nitrogens with two attached hydrogens (primary N) is 1. The van der Waals surface area contributed by atoms with Crippen LogP contribution in [0.1, 0.15) is 32.6 Å². The lowest BCUT2D eigenvalue weighted by Crippen LogP contribution is -2.28. The molecule has 1 aliphatic carbocycles. The lowest BCUT2D eigenvalue weighted by Gasteiger charge is -2.15. The molecule has 0 spiro atoms. The first-order valence-electron chi connectivity index (χ1n) is 6.97. The Hall–Kier alpha value is -0.710. The third-order valence-corrected chi connectivity index (χ3v) is 4.47. The second-order valence-electron chi connectivity index (χ2n) is 5.07. The minimum absolute atomic E-state index is 0. The summed E-state index contributed by atoms with van der Waals surface area (Å²) >= 11 is 1.78. The molecule has 2 atom stereocenters. The van der Waals surface area contributed by atoms with Crippen LogP contribution in [0, 0.1) is 5.92 Å². The van der Waals surface area contributed by atoms with E-state index in [4.69, 9.17) is 5.73 Å². The number of benzene rings is 1. The first-order chi connectivity index (χ1) is 9.19. The number of thioether (sulfide) groups is 1. The lowest BCUT2D eigenvalue weighted by molar-refractivity contribution is -0.117. The number of halogens is 1. The summed E-state index contributed by atoms with van der Waals surface area (Å²) in [7, 11) is 0. The molecule has 112 valence electrons. The van der Waals surface area contributed by atoms with Crippen LogP contribution in [0.2, 0.25) is 0 Å². The van der Waals surface area contributed by atoms with Gasteiger partial charge in [0.15, 0.2) is 0 Å². The van der Waals surface area contributed by atoms with Gasteiger partial charge in [-0.3, -0.25) is 4.79 Å². The van der Waals surface area contributed by atoms with Gasteiger partial charge in [0, 0.05) is 23.0 Å². The maximum absolute atomic E-state index is 12.0. The zero-order valence-electron chi connectivity index (χ0n) is 11.8. The highest BCUT2D eigenvalue weighted by atomic mass is 35.5. The van der Waals surface area contributed by atoms with E-state index in [0.29, 0.717) is 12.3 Å². The van der Waals surface area contributed by atoms with Crippen molar-refractivity contribution in [2.75, 3.05) is 11.1 Å².